The van der Waals surface area contributed by atoms with Crippen molar-refractivity contribution in [3.63, 3.8) is 0 Å². The van der Waals surface area contributed by atoms with Crippen LogP contribution in [0.5, 0.6) is 0 Å². The van der Waals surface area contributed by atoms with E-state index >= 15 is 0 Å². The van der Waals surface area contributed by atoms with Crippen molar-refractivity contribution in [3.8, 4) is 0 Å². The first-order valence-corrected chi connectivity index (χ1v) is 7.76. The topological polar surface area (TPSA) is 109 Å². The minimum atomic E-state index is -1.56. The van der Waals surface area contributed by atoms with Gasteiger partial charge in [-0.3, -0.25) is 0 Å². The average molecular weight is 395 g/mol. The van der Waals surface area contributed by atoms with Gasteiger partial charge in [-0.2, -0.15) is 0 Å². The molecule has 1 aromatic heterocycles. The van der Waals surface area contributed by atoms with Crippen molar-refractivity contribution in [1.29, 1.82) is 0 Å². The molecule has 0 aliphatic rings. The van der Waals surface area contributed by atoms with Crippen molar-refractivity contribution in [3.05, 3.63) is 64.4 Å². The van der Waals surface area contributed by atoms with Crippen molar-refractivity contribution in [2.45, 2.75) is 18.8 Å². The van der Waals surface area contributed by atoms with Crippen LogP contribution in [-0.2, 0) is 16.1 Å². The van der Waals surface area contributed by atoms with Crippen LogP contribution in [0.4, 0.5) is 4.79 Å². The highest BCUT2D eigenvalue weighted by Gasteiger charge is 2.30. The van der Waals surface area contributed by atoms with Gasteiger partial charge in [-0.1, -0.05) is 36.4 Å². The maximum absolute atomic E-state index is 11.8. The molecule has 2 atom stereocenters. The number of hydrogen-bond acceptors (Lipinski definition) is 5. The fraction of sp³-hybridized carbons (Fsp3) is 0.188. The summed E-state index contributed by atoms with van der Waals surface area (Å²) in [5, 5.41) is 21.6. The Morgan fingerprint density at radius 1 is 1.21 bits per heavy atom. The van der Waals surface area contributed by atoms with Gasteiger partial charge in [0.25, 0.3) is 0 Å². The number of benzene rings is 1. The van der Waals surface area contributed by atoms with Crippen molar-refractivity contribution < 1.29 is 24.5 Å². The number of pyridine rings is 1. The Bertz CT molecular complexity index is 693. The summed E-state index contributed by atoms with van der Waals surface area (Å²) in [5.74, 6) is -1.39. The fourth-order valence-electron chi connectivity index (χ4n) is 1.92. The molecule has 0 aliphatic heterocycles. The van der Waals surface area contributed by atoms with Gasteiger partial charge in [0.05, 0.1) is 0 Å². The second-order valence-electron chi connectivity index (χ2n) is 4.88. The van der Waals surface area contributed by atoms with Crippen molar-refractivity contribution >= 4 is 28.0 Å². The zero-order valence-electron chi connectivity index (χ0n) is 12.4. The maximum atomic E-state index is 11.8. The van der Waals surface area contributed by atoms with E-state index in [1.807, 2.05) is 6.07 Å². The standard InChI is InChI=1S/C16H15BrN2O5/c17-12-7-6-11(8-18-12)14(20)13(15(21)22)19-16(23)24-9-10-4-2-1-3-5-10/h1-8,13-14,20H,9H2,(H,19,23)(H,21,22)/t13-,14-/m0/s1. The van der Waals surface area contributed by atoms with Gasteiger partial charge in [0.15, 0.2) is 6.04 Å². The zero-order valence-corrected chi connectivity index (χ0v) is 14.0. The summed E-state index contributed by atoms with van der Waals surface area (Å²) in [5.41, 5.74) is 1.02. The van der Waals surface area contributed by atoms with E-state index in [1.165, 1.54) is 12.3 Å². The van der Waals surface area contributed by atoms with Crippen molar-refractivity contribution in [1.82, 2.24) is 10.3 Å². The molecule has 1 aromatic carbocycles. The van der Waals surface area contributed by atoms with Gasteiger partial charge in [-0.05, 0) is 27.6 Å². The normalized spacial score (nSPS) is 12.9. The second kappa shape index (κ2) is 8.42. The highest BCUT2D eigenvalue weighted by Crippen LogP contribution is 2.18. The Morgan fingerprint density at radius 2 is 1.92 bits per heavy atom. The van der Waals surface area contributed by atoms with E-state index in [1.54, 1.807) is 30.3 Å². The van der Waals surface area contributed by atoms with Crippen molar-refractivity contribution in [2.75, 3.05) is 0 Å². The number of alkyl carbamates (subject to hydrolysis) is 1. The van der Waals surface area contributed by atoms with E-state index in [2.05, 4.69) is 26.2 Å². The molecular weight excluding hydrogens is 380 g/mol. The number of aliphatic hydroxyl groups is 1. The molecule has 0 spiro atoms. The summed E-state index contributed by atoms with van der Waals surface area (Å²) in [6, 6.07) is 10.5. The molecular formula is C16H15BrN2O5. The number of carboxylic acids is 1. The van der Waals surface area contributed by atoms with Gasteiger partial charge in [0.1, 0.15) is 17.3 Å². The van der Waals surface area contributed by atoms with E-state index in [0.29, 0.717) is 4.60 Å². The lowest BCUT2D eigenvalue weighted by molar-refractivity contribution is -0.142. The average Bonchev–Trinajstić information content (AvgIpc) is 2.58. The van der Waals surface area contributed by atoms with Gasteiger partial charge in [0.2, 0.25) is 0 Å². The van der Waals surface area contributed by atoms with Gasteiger partial charge in [-0.15, -0.1) is 0 Å². The van der Waals surface area contributed by atoms with Crippen LogP contribution < -0.4 is 5.32 Å². The van der Waals surface area contributed by atoms with Gasteiger partial charge >= 0.3 is 12.1 Å². The Balaban J connectivity index is 1.98. The molecule has 7 nitrogen and oxygen atoms in total. The third kappa shape index (κ3) is 5.04. The molecule has 1 heterocycles. The van der Waals surface area contributed by atoms with E-state index in [-0.39, 0.29) is 12.2 Å². The molecule has 2 rings (SSSR count). The number of carbonyl (C=O) groups is 2. The number of aliphatic carboxylic acids is 1. The number of aliphatic hydroxyl groups excluding tert-OH is 1. The van der Waals surface area contributed by atoms with Crippen LogP contribution in [0.15, 0.2) is 53.3 Å². The Kier molecular flexibility index (Phi) is 6.28. The summed E-state index contributed by atoms with van der Waals surface area (Å²) in [4.78, 5) is 27.0. The van der Waals surface area contributed by atoms with Gasteiger partial charge < -0.3 is 20.3 Å². The number of amides is 1. The first kappa shape index (κ1) is 17.9. The maximum Gasteiger partial charge on any atom is 0.408 e. The van der Waals surface area contributed by atoms with Crippen LogP contribution >= 0.6 is 15.9 Å². The Labute approximate surface area is 146 Å². The molecule has 8 heteroatoms. The summed E-state index contributed by atoms with van der Waals surface area (Å²) >= 11 is 3.14. The fourth-order valence-corrected chi connectivity index (χ4v) is 2.16. The quantitative estimate of drug-likeness (QED) is 0.648. The third-order valence-electron chi connectivity index (χ3n) is 3.16. The molecule has 1 amide bonds. The van der Waals surface area contributed by atoms with E-state index < -0.39 is 24.2 Å². The van der Waals surface area contributed by atoms with E-state index in [4.69, 9.17) is 4.74 Å². The lowest BCUT2D eigenvalue weighted by Gasteiger charge is -2.20. The summed E-state index contributed by atoms with van der Waals surface area (Å²) < 4.78 is 5.51. The summed E-state index contributed by atoms with van der Waals surface area (Å²) in [6.45, 7) is -0.00501. The van der Waals surface area contributed by atoms with Crippen LogP contribution in [0.2, 0.25) is 0 Å². The molecule has 0 unspecified atom stereocenters. The molecule has 2 aromatic rings. The van der Waals surface area contributed by atoms with Crippen LogP contribution in [0, 0.1) is 0 Å². The predicted octanol–water partition coefficient (Wildman–Crippen LogP) is 2.26. The van der Waals surface area contributed by atoms with Crippen LogP contribution in [0.25, 0.3) is 0 Å². The third-order valence-corrected chi connectivity index (χ3v) is 3.63. The van der Waals surface area contributed by atoms with Gasteiger partial charge in [-0.25, -0.2) is 14.6 Å². The molecule has 24 heavy (non-hydrogen) atoms. The van der Waals surface area contributed by atoms with E-state index in [9.17, 15) is 19.8 Å². The molecule has 0 aliphatic carbocycles. The molecule has 0 bridgehead atoms. The smallest absolute Gasteiger partial charge is 0.408 e. The lowest BCUT2D eigenvalue weighted by atomic mass is 10.0. The first-order chi connectivity index (χ1) is 11.5. The number of rotatable bonds is 6. The number of nitrogens with zero attached hydrogens (tertiary/aromatic N) is 1. The molecule has 3 N–H and O–H groups in total. The molecule has 126 valence electrons. The summed E-state index contributed by atoms with van der Waals surface area (Å²) in [6.07, 6.45) is -1.08. The Morgan fingerprint density at radius 3 is 2.50 bits per heavy atom. The monoisotopic (exact) mass is 394 g/mol. The minimum Gasteiger partial charge on any atom is -0.480 e. The van der Waals surface area contributed by atoms with Crippen LogP contribution in [-0.4, -0.2) is 33.3 Å². The first-order valence-electron chi connectivity index (χ1n) is 6.97. The van der Waals surface area contributed by atoms with Crippen LogP contribution in [0.1, 0.15) is 17.2 Å². The van der Waals surface area contributed by atoms with Crippen LogP contribution in [0.3, 0.4) is 0 Å². The minimum absolute atomic E-state index is 0.00501. The predicted molar refractivity (Wildman–Crippen MR) is 88.1 cm³/mol. The number of carboxylic acid groups (broad SMARTS) is 1. The van der Waals surface area contributed by atoms with Crippen molar-refractivity contribution in [2.24, 2.45) is 0 Å². The zero-order chi connectivity index (χ0) is 17.5. The SMILES string of the molecule is O=C(N[C@H](C(=O)O)[C@@H](O)c1ccc(Br)nc1)OCc1ccccc1. The molecule has 0 saturated heterocycles. The number of halogens is 1. The molecule has 0 fully saturated rings. The molecule has 0 saturated carbocycles. The number of nitrogens with one attached hydrogen (secondary N) is 1. The van der Waals surface area contributed by atoms with E-state index in [0.717, 1.165) is 5.56 Å². The number of hydrogen-bond donors (Lipinski definition) is 3. The second-order valence-corrected chi connectivity index (χ2v) is 5.69. The number of ether oxygens (including phenoxy) is 1. The summed E-state index contributed by atoms with van der Waals surface area (Å²) in [7, 11) is 0. The Hall–Kier alpha value is -2.45. The van der Waals surface area contributed by atoms with Gasteiger partial charge in [0, 0.05) is 11.8 Å². The highest BCUT2D eigenvalue weighted by molar-refractivity contribution is 9.10. The highest BCUT2D eigenvalue weighted by atomic mass is 79.9. The molecule has 0 radical (unpaired) electrons. The number of aromatic nitrogens is 1. The lowest BCUT2D eigenvalue weighted by Crippen LogP contribution is -2.45. The number of carbonyl (C=O) groups excluding carboxylic acids is 1. The largest absolute Gasteiger partial charge is 0.480 e.